The molecule has 0 aromatic carbocycles. The van der Waals surface area contributed by atoms with Crippen LogP contribution >= 0.6 is 0 Å². The zero-order chi connectivity index (χ0) is 19.1. The third kappa shape index (κ3) is 3.28. The predicted octanol–water partition coefficient (Wildman–Crippen LogP) is 1.33. The number of nitrogens with one attached hydrogen (secondary N) is 2. The van der Waals surface area contributed by atoms with E-state index in [-0.39, 0.29) is 29.5 Å². The summed E-state index contributed by atoms with van der Waals surface area (Å²) >= 11 is 0. The molecule has 1 fully saturated rings. The molecule has 8 nitrogen and oxygen atoms in total. The lowest BCUT2D eigenvalue weighted by atomic mass is 10.1. The quantitative estimate of drug-likeness (QED) is 0.678. The van der Waals surface area contributed by atoms with E-state index in [1.807, 2.05) is 32.1 Å². The standard InChI is InChI=1S/C19H23N5O3/c1-11(2)10-23-15-8-14(12-4-3-7-20-9-12)22-24(15)19(27)16(18(23)26)17(25)21-13-5-6-13/h3-4,7-9,11,13-14,22,27H,5-6,10H2,1-2H3,(H,21,25). The van der Waals surface area contributed by atoms with E-state index in [1.54, 1.807) is 17.3 Å². The maximum atomic E-state index is 13.0. The van der Waals surface area contributed by atoms with Crippen molar-refractivity contribution in [2.45, 2.75) is 38.8 Å². The van der Waals surface area contributed by atoms with Gasteiger partial charge in [-0.3, -0.25) is 19.5 Å². The number of amides is 2. The molecule has 1 aliphatic carbocycles. The molecule has 1 aromatic rings. The molecule has 0 radical (unpaired) electrons. The third-order valence-corrected chi connectivity index (χ3v) is 4.71. The highest BCUT2D eigenvalue weighted by Crippen LogP contribution is 2.34. The van der Waals surface area contributed by atoms with Gasteiger partial charge < -0.3 is 10.4 Å². The Morgan fingerprint density at radius 2 is 2.22 bits per heavy atom. The van der Waals surface area contributed by atoms with Crippen molar-refractivity contribution in [3.63, 3.8) is 0 Å². The molecule has 0 spiro atoms. The second kappa shape index (κ2) is 6.70. The van der Waals surface area contributed by atoms with Crippen molar-refractivity contribution in [3.05, 3.63) is 53.4 Å². The molecular formula is C19H23N5O3. The van der Waals surface area contributed by atoms with E-state index in [0.717, 1.165) is 18.4 Å². The smallest absolute Gasteiger partial charge is 0.270 e. The highest BCUT2D eigenvalue weighted by atomic mass is 16.3. The summed E-state index contributed by atoms with van der Waals surface area (Å²) in [5.41, 5.74) is 3.83. The topological polar surface area (TPSA) is 97.8 Å². The molecule has 1 aromatic heterocycles. The lowest BCUT2D eigenvalue weighted by Crippen LogP contribution is -2.51. The number of nitrogens with zero attached hydrogens (tertiary/aromatic N) is 3. The van der Waals surface area contributed by atoms with Gasteiger partial charge in [0.25, 0.3) is 11.8 Å². The Hall–Kier alpha value is -2.87. The average molecular weight is 369 g/mol. The van der Waals surface area contributed by atoms with Crippen LogP contribution in [0.5, 0.6) is 0 Å². The summed E-state index contributed by atoms with van der Waals surface area (Å²) in [7, 11) is 0. The van der Waals surface area contributed by atoms with E-state index >= 15 is 0 Å². The Balaban J connectivity index is 1.71. The van der Waals surface area contributed by atoms with Gasteiger partial charge in [0.05, 0.1) is 6.04 Å². The van der Waals surface area contributed by atoms with E-state index in [9.17, 15) is 14.7 Å². The Bertz CT molecular complexity index is 829. The molecule has 3 heterocycles. The Morgan fingerprint density at radius 3 is 2.85 bits per heavy atom. The molecule has 1 unspecified atom stereocenters. The number of carbonyl (C=O) groups excluding carboxylic acids is 2. The van der Waals surface area contributed by atoms with Crippen molar-refractivity contribution in [1.29, 1.82) is 0 Å². The molecule has 3 aliphatic rings. The number of hydrazine groups is 1. The molecule has 1 atom stereocenters. The first kappa shape index (κ1) is 17.5. The number of hydrogen-bond acceptors (Lipinski definition) is 6. The molecule has 3 N–H and O–H groups in total. The molecule has 0 saturated heterocycles. The van der Waals surface area contributed by atoms with Crippen LogP contribution in [0.2, 0.25) is 0 Å². The molecule has 1 saturated carbocycles. The van der Waals surface area contributed by atoms with Gasteiger partial charge in [0.2, 0.25) is 5.88 Å². The Kier molecular flexibility index (Phi) is 4.35. The number of aromatic nitrogens is 1. The molecular weight excluding hydrogens is 346 g/mol. The summed E-state index contributed by atoms with van der Waals surface area (Å²) < 4.78 is 0. The van der Waals surface area contributed by atoms with Gasteiger partial charge in [0.1, 0.15) is 5.82 Å². The molecule has 142 valence electrons. The molecule has 0 bridgehead atoms. The fraction of sp³-hybridized carbons (Fsp3) is 0.421. The number of hydrogen-bond donors (Lipinski definition) is 3. The normalized spacial score (nSPS) is 22.3. The Labute approximate surface area is 157 Å². The minimum atomic E-state index is -0.528. The SMILES string of the molecule is CC(C)CN1C(=O)C(C(=O)NC2CC2)=C(O)N2NC(c3cccnc3)C=C12. The Morgan fingerprint density at radius 1 is 1.44 bits per heavy atom. The number of rotatable bonds is 5. The summed E-state index contributed by atoms with van der Waals surface area (Å²) in [6, 6.07) is 3.57. The highest BCUT2D eigenvalue weighted by molar-refractivity contribution is 6.19. The van der Waals surface area contributed by atoms with Crippen LogP contribution in [0.4, 0.5) is 0 Å². The predicted molar refractivity (Wildman–Crippen MR) is 97.4 cm³/mol. The van der Waals surface area contributed by atoms with Crippen molar-refractivity contribution in [3.8, 4) is 0 Å². The molecule has 27 heavy (non-hydrogen) atoms. The van der Waals surface area contributed by atoms with Crippen LogP contribution < -0.4 is 10.7 Å². The van der Waals surface area contributed by atoms with Gasteiger partial charge in [-0.1, -0.05) is 19.9 Å². The summed E-state index contributed by atoms with van der Waals surface area (Å²) in [6.45, 7) is 4.44. The van der Waals surface area contributed by atoms with Gasteiger partial charge in [0.15, 0.2) is 5.57 Å². The van der Waals surface area contributed by atoms with E-state index in [4.69, 9.17) is 0 Å². The first-order chi connectivity index (χ1) is 13.0. The summed E-state index contributed by atoms with van der Waals surface area (Å²) in [5.74, 6) is -0.643. The van der Waals surface area contributed by atoms with Gasteiger partial charge >= 0.3 is 0 Å². The first-order valence-corrected chi connectivity index (χ1v) is 9.19. The van der Waals surface area contributed by atoms with Crippen molar-refractivity contribution in [2.75, 3.05) is 6.54 Å². The maximum absolute atomic E-state index is 13.0. The van der Waals surface area contributed by atoms with Gasteiger partial charge in [-0.15, -0.1) is 0 Å². The van der Waals surface area contributed by atoms with Crippen LogP contribution in [0, 0.1) is 5.92 Å². The zero-order valence-corrected chi connectivity index (χ0v) is 15.3. The molecule has 8 heteroatoms. The van der Waals surface area contributed by atoms with Crippen LogP contribution in [0.25, 0.3) is 0 Å². The lowest BCUT2D eigenvalue weighted by molar-refractivity contribution is -0.132. The van der Waals surface area contributed by atoms with E-state index in [1.165, 1.54) is 5.01 Å². The van der Waals surface area contributed by atoms with Crippen LogP contribution in [0.3, 0.4) is 0 Å². The van der Waals surface area contributed by atoms with Crippen molar-refractivity contribution >= 4 is 11.8 Å². The van der Waals surface area contributed by atoms with Crippen LogP contribution in [0.1, 0.15) is 38.3 Å². The maximum Gasteiger partial charge on any atom is 0.270 e. The van der Waals surface area contributed by atoms with Crippen LogP contribution in [0.15, 0.2) is 47.9 Å². The monoisotopic (exact) mass is 369 g/mol. The highest BCUT2D eigenvalue weighted by Gasteiger charge is 2.44. The van der Waals surface area contributed by atoms with Crippen molar-refractivity contribution in [1.82, 2.24) is 25.6 Å². The third-order valence-electron chi connectivity index (χ3n) is 4.71. The number of fused-ring (bicyclic) bond motifs is 1. The summed E-state index contributed by atoms with van der Waals surface area (Å²) in [4.78, 5) is 31.3. The largest absolute Gasteiger partial charge is 0.493 e. The first-order valence-electron chi connectivity index (χ1n) is 9.19. The number of aliphatic hydroxyl groups excluding tert-OH is 1. The minimum absolute atomic E-state index is 0.0933. The van der Waals surface area contributed by atoms with E-state index in [0.29, 0.717) is 12.4 Å². The average Bonchev–Trinajstić information content (AvgIpc) is 3.33. The molecule has 2 aliphatic heterocycles. The van der Waals surface area contributed by atoms with Gasteiger partial charge in [-0.25, -0.2) is 10.4 Å². The van der Waals surface area contributed by atoms with Crippen LogP contribution in [-0.4, -0.2) is 44.4 Å². The minimum Gasteiger partial charge on any atom is -0.493 e. The number of aliphatic hydroxyl groups is 1. The van der Waals surface area contributed by atoms with Gasteiger partial charge in [-0.2, -0.15) is 0 Å². The zero-order valence-electron chi connectivity index (χ0n) is 15.3. The molecule has 4 rings (SSSR count). The second-order valence-electron chi connectivity index (χ2n) is 7.51. The number of pyridine rings is 1. The summed E-state index contributed by atoms with van der Waals surface area (Å²) in [6.07, 6.45) is 7.08. The lowest BCUT2D eigenvalue weighted by Gasteiger charge is -2.36. The van der Waals surface area contributed by atoms with Gasteiger partial charge in [-0.05, 0) is 36.5 Å². The van der Waals surface area contributed by atoms with E-state index in [2.05, 4.69) is 15.7 Å². The molecule has 2 amide bonds. The van der Waals surface area contributed by atoms with E-state index < -0.39 is 11.8 Å². The number of carbonyl (C=O) groups is 2. The van der Waals surface area contributed by atoms with Crippen molar-refractivity contribution in [2.24, 2.45) is 5.92 Å². The van der Waals surface area contributed by atoms with Crippen molar-refractivity contribution < 1.29 is 14.7 Å². The fourth-order valence-corrected chi connectivity index (χ4v) is 3.25. The summed E-state index contributed by atoms with van der Waals surface area (Å²) in [5, 5.41) is 14.9. The van der Waals surface area contributed by atoms with Crippen LogP contribution in [-0.2, 0) is 9.59 Å². The van der Waals surface area contributed by atoms with Gasteiger partial charge in [0, 0.05) is 25.0 Å². The fourth-order valence-electron chi connectivity index (χ4n) is 3.25. The second-order valence-corrected chi connectivity index (χ2v) is 7.51.